The minimum atomic E-state index is -0.346. The third-order valence-corrected chi connectivity index (χ3v) is 1.62. The number of pyridine rings is 1. The van der Waals surface area contributed by atoms with Crippen LogP contribution in [0.3, 0.4) is 0 Å². The SMILES string of the molecule is CCOC(=O)CC=Cc1cc(F)ccn1. The van der Waals surface area contributed by atoms with Crippen molar-refractivity contribution in [3.05, 3.63) is 35.9 Å². The maximum atomic E-state index is 12.7. The fraction of sp³-hybridized carbons (Fsp3) is 0.273. The molecule has 0 aliphatic heterocycles. The Balaban J connectivity index is 2.48. The Bertz CT molecular complexity index is 363. The maximum Gasteiger partial charge on any atom is 0.309 e. The zero-order chi connectivity index (χ0) is 11.1. The van der Waals surface area contributed by atoms with Crippen molar-refractivity contribution in [2.75, 3.05) is 6.61 Å². The van der Waals surface area contributed by atoms with Crippen LogP contribution in [0.15, 0.2) is 24.4 Å². The molecule has 1 aromatic heterocycles. The van der Waals surface area contributed by atoms with E-state index in [1.54, 1.807) is 19.1 Å². The highest BCUT2D eigenvalue weighted by molar-refractivity contribution is 5.72. The van der Waals surface area contributed by atoms with Gasteiger partial charge in [-0.15, -0.1) is 0 Å². The molecule has 0 spiro atoms. The summed E-state index contributed by atoms with van der Waals surface area (Å²) in [6.45, 7) is 2.11. The van der Waals surface area contributed by atoms with Gasteiger partial charge in [-0.05, 0) is 25.1 Å². The van der Waals surface area contributed by atoms with Gasteiger partial charge in [0.15, 0.2) is 0 Å². The topological polar surface area (TPSA) is 39.2 Å². The van der Waals surface area contributed by atoms with E-state index in [1.165, 1.54) is 18.3 Å². The molecule has 0 saturated heterocycles. The van der Waals surface area contributed by atoms with Crippen molar-refractivity contribution in [2.45, 2.75) is 13.3 Å². The molecule has 0 radical (unpaired) electrons. The monoisotopic (exact) mass is 209 g/mol. The molecule has 0 fully saturated rings. The Morgan fingerprint density at radius 2 is 2.47 bits per heavy atom. The van der Waals surface area contributed by atoms with Crippen LogP contribution in [0.4, 0.5) is 4.39 Å². The van der Waals surface area contributed by atoms with Crippen molar-refractivity contribution >= 4 is 12.0 Å². The van der Waals surface area contributed by atoms with E-state index in [1.807, 2.05) is 0 Å². The van der Waals surface area contributed by atoms with Gasteiger partial charge in [0.1, 0.15) is 5.82 Å². The van der Waals surface area contributed by atoms with E-state index in [0.717, 1.165) is 0 Å². The van der Waals surface area contributed by atoms with E-state index >= 15 is 0 Å². The second-order valence-electron chi connectivity index (χ2n) is 2.81. The van der Waals surface area contributed by atoms with Crippen LogP contribution < -0.4 is 0 Å². The summed E-state index contributed by atoms with van der Waals surface area (Å²) in [6, 6.07) is 2.56. The number of hydrogen-bond donors (Lipinski definition) is 0. The average Bonchev–Trinajstić information content (AvgIpc) is 2.18. The number of halogens is 1. The van der Waals surface area contributed by atoms with Gasteiger partial charge in [0.2, 0.25) is 0 Å². The Kier molecular flexibility index (Phi) is 4.47. The molecule has 1 heterocycles. The van der Waals surface area contributed by atoms with Crippen LogP contribution in [0.5, 0.6) is 0 Å². The molecule has 1 aromatic rings. The van der Waals surface area contributed by atoms with Crippen molar-refractivity contribution < 1.29 is 13.9 Å². The second-order valence-corrected chi connectivity index (χ2v) is 2.81. The number of carbonyl (C=O) groups excluding carboxylic acids is 1. The van der Waals surface area contributed by atoms with Gasteiger partial charge >= 0.3 is 5.97 Å². The molecule has 0 atom stereocenters. The van der Waals surface area contributed by atoms with Crippen molar-refractivity contribution in [3.63, 3.8) is 0 Å². The van der Waals surface area contributed by atoms with Gasteiger partial charge in [0.25, 0.3) is 0 Å². The maximum absolute atomic E-state index is 12.7. The Hall–Kier alpha value is -1.71. The van der Waals surface area contributed by atoms with Gasteiger partial charge in [-0.25, -0.2) is 4.39 Å². The molecule has 0 N–H and O–H groups in total. The first-order valence-electron chi connectivity index (χ1n) is 4.66. The fourth-order valence-corrected chi connectivity index (χ4v) is 1.01. The highest BCUT2D eigenvalue weighted by Crippen LogP contribution is 2.02. The van der Waals surface area contributed by atoms with Gasteiger partial charge in [0, 0.05) is 6.20 Å². The third kappa shape index (κ3) is 4.35. The quantitative estimate of drug-likeness (QED) is 0.713. The van der Waals surface area contributed by atoms with Gasteiger partial charge in [-0.1, -0.05) is 6.08 Å². The fourth-order valence-electron chi connectivity index (χ4n) is 1.01. The van der Waals surface area contributed by atoms with Gasteiger partial charge in [0.05, 0.1) is 18.7 Å². The molecule has 80 valence electrons. The Labute approximate surface area is 87.6 Å². The van der Waals surface area contributed by atoms with Gasteiger partial charge in [-0.3, -0.25) is 9.78 Å². The standard InChI is InChI=1S/C11H12FNO2/c1-2-15-11(14)5-3-4-10-8-9(12)6-7-13-10/h3-4,6-8H,2,5H2,1H3. The molecular formula is C11H12FNO2. The Morgan fingerprint density at radius 3 is 3.13 bits per heavy atom. The minimum absolute atomic E-state index is 0.173. The predicted molar refractivity (Wildman–Crippen MR) is 54.5 cm³/mol. The molecule has 0 aliphatic rings. The lowest BCUT2D eigenvalue weighted by atomic mass is 10.3. The molecule has 3 nitrogen and oxygen atoms in total. The lowest BCUT2D eigenvalue weighted by molar-refractivity contribution is -0.142. The van der Waals surface area contributed by atoms with Crippen LogP contribution in [0.25, 0.3) is 6.08 Å². The van der Waals surface area contributed by atoms with E-state index in [9.17, 15) is 9.18 Å². The minimum Gasteiger partial charge on any atom is -0.466 e. The number of rotatable bonds is 4. The van der Waals surface area contributed by atoms with E-state index in [2.05, 4.69) is 4.98 Å². The zero-order valence-corrected chi connectivity index (χ0v) is 8.44. The lowest BCUT2D eigenvalue weighted by Gasteiger charge is -1.96. The Morgan fingerprint density at radius 1 is 1.67 bits per heavy atom. The van der Waals surface area contributed by atoms with Gasteiger partial charge in [-0.2, -0.15) is 0 Å². The summed E-state index contributed by atoms with van der Waals surface area (Å²) in [5.74, 6) is -0.647. The number of esters is 1. The first-order chi connectivity index (χ1) is 7.22. The van der Waals surface area contributed by atoms with Crippen LogP contribution in [0.2, 0.25) is 0 Å². The number of aromatic nitrogens is 1. The summed E-state index contributed by atoms with van der Waals surface area (Å²) in [6.07, 6.45) is 4.73. The van der Waals surface area contributed by atoms with E-state index < -0.39 is 0 Å². The van der Waals surface area contributed by atoms with Crippen molar-refractivity contribution in [3.8, 4) is 0 Å². The average molecular weight is 209 g/mol. The molecule has 0 bridgehead atoms. The van der Waals surface area contributed by atoms with Crippen LogP contribution in [0, 0.1) is 5.82 Å². The van der Waals surface area contributed by atoms with E-state index in [0.29, 0.717) is 12.3 Å². The lowest BCUT2D eigenvalue weighted by Crippen LogP contribution is -2.01. The molecule has 0 unspecified atom stereocenters. The zero-order valence-electron chi connectivity index (χ0n) is 8.44. The van der Waals surface area contributed by atoms with E-state index in [-0.39, 0.29) is 18.2 Å². The van der Waals surface area contributed by atoms with Gasteiger partial charge < -0.3 is 4.74 Å². The van der Waals surface area contributed by atoms with Crippen molar-refractivity contribution in [1.82, 2.24) is 4.98 Å². The smallest absolute Gasteiger partial charge is 0.309 e. The summed E-state index contributed by atoms with van der Waals surface area (Å²) in [5, 5.41) is 0. The van der Waals surface area contributed by atoms with E-state index in [4.69, 9.17) is 4.74 Å². The number of ether oxygens (including phenoxy) is 1. The van der Waals surface area contributed by atoms with Crippen molar-refractivity contribution in [2.24, 2.45) is 0 Å². The molecule has 4 heteroatoms. The van der Waals surface area contributed by atoms with Crippen LogP contribution >= 0.6 is 0 Å². The molecule has 1 rings (SSSR count). The number of hydrogen-bond acceptors (Lipinski definition) is 3. The molecular weight excluding hydrogens is 197 g/mol. The summed E-state index contributed by atoms with van der Waals surface area (Å²) in [4.78, 5) is 14.8. The molecule has 0 amide bonds. The van der Waals surface area contributed by atoms with Crippen molar-refractivity contribution in [1.29, 1.82) is 0 Å². The number of nitrogens with zero attached hydrogens (tertiary/aromatic N) is 1. The summed E-state index contributed by atoms with van der Waals surface area (Å²) >= 11 is 0. The second kappa shape index (κ2) is 5.90. The highest BCUT2D eigenvalue weighted by Gasteiger charge is 1.97. The number of carbonyl (C=O) groups is 1. The largest absolute Gasteiger partial charge is 0.466 e. The van der Waals surface area contributed by atoms with Crippen LogP contribution in [-0.2, 0) is 9.53 Å². The first kappa shape index (κ1) is 11.4. The molecule has 0 aliphatic carbocycles. The van der Waals surface area contributed by atoms with Crippen LogP contribution in [-0.4, -0.2) is 17.6 Å². The van der Waals surface area contributed by atoms with Crippen LogP contribution in [0.1, 0.15) is 19.0 Å². The molecule has 0 saturated carbocycles. The molecule has 0 aromatic carbocycles. The summed E-state index contributed by atoms with van der Waals surface area (Å²) in [7, 11) is 0. The first-order valence-corrected chi connectivity index (χ1v) is 4.66. The summed E-state index contributed by atoms with van der Waals surface area (Å²) < 4.78 is 17.4. The predicted octanol–water partition coefficient (Wildman–Crippen LogP) is 2.19. The molecule has 15 heavy (non-hydrogen) atoms. The third-order valence-electron chi connectivity index (χ3n) is 1.62. The summed E-state index contributed by atoms with van der Waals surface area (Å²) in [5.41, 5.74) is 0.485. The highest BCUT2D eigenvalue weighted by atomic mass is 19.1. The normalized spacial score (nSPS) is 10.5.